The first-order valence-corrected chi connectivity index (χ1v) is 9.70. The van der Waals surface area contributed by atoms with Crippen LogP contribution in [0.5, 0.6) is 0 Å². The number of carbonyl (C=O) groups is 1. The molecule has 0 spiro atoms. The minimum absolute atomic E-state index is 0.311. The van der Waals surface area contributed by atoms with Gasteiger partial charge in [0.2, 0.25) is 0 Å². The molecule has 3 aromatic rings. The van der Waals surface area contributed by atoms with Gasteiger partial charge in [0.05, 0.1) is 17.9 Å². The van der Waals surface area contributed by atoms with Gasteiger partial charge in [-0.1, -0.05) is 32.4 Å². The van der Waals surface area contributed by atoms with Gasteiger partial charge < -0.3 is 10.6 Å². The highest BCUT2D eigenvalue weighted by molar-refractivity contribution is 6.29. The zero-order valence-electron chi connectivity index (χ0n) is 16.8. The van der Waals surface area contributed by atoms with Crippen molar-refractivity contribution in [2.45, 2.75) is 46.6 Å². The average molecular weight is 401 g/mol. The number of aromatic nitrogens is 4. The third kappa shape index (κ3) is 4.25. The summed E-state index contributed by atoms with van der Waals surface area (Å²) in [4.78, 5) is 21.2. The average Bonchev–Trinajstić information content (AvgIpc) is 2.92. The first kappa shape index (κ1) is 20.1. The Labute approximate surface area is 169 Å². The fraction of sp³-hybridized carbons (Fsp3) is 0.400. The molecule has 3 heterocycles. The Kier molecular flexibility index (Phi) is 5.84. The molecule has 0 aliphatic rings. The maximum atomic E-state index is 12.3. The summed E-state index contributed by atoms with van der Waals surface area (Å²) >= 11 is 6.00. The lowest BCUT2D eigenvalue weighted by Gasteiger charge is -2.12. The van der Waals surface area contributed by atoms with Crippen LogP contribution in [0, 0.1) is 6.92 Å². The van der Waals surface area contributed by atoms with E-state index < -0.39 is 0 Å². The van der Waals surface area contributed by atoms with Gasteiger partial charge in [0, 0.05) is 23.8 Å². The van der Waals surface area contributed by atoms with Crippen LogP contribution in [-0.4, -0.2) is 25.8 Å². The van der Waals surface area contributed by atoms with Crippen molar-refractivity contribution in [2.24, 2.45) is 7.05 Å². The Bertz CT molecular complexity index is 1030. The molecule has 0 atom stereocenters. The highest BCUT2D eigenvalue weighted by Crippen LogP contribution is 2.27. The highest BCUT2D eigenvalue weighted by Gasteiger charge is 2.16. The van der Waals surface area contributed by atoms with Crippen molar-refractivity contribution in [1.82, 2.24) is 25.1 Å². The topological polar surface area (TPSA) is 84.7 Å². The molecular formula is C20H25ClN6O. The van der Waals surface area contributed by atoms with Crippen LogP contribution in [0.1, 0.15) is 49.3 Å². The lowest BCUT2D eigenvalue weighted by molar-refractivity contribution is 0.251. The SMILES string of the molecule is CCc1cc(NC(=O)NCc2cc(C(C)C)c3c(C)nn(C)c3n2)cc(Cl)n1. The summed E-state index contributed by atoms with van der Waals surface area (Å²) in [7, 11) is 1.88. The van der Waals surface area contributed by atoms with Crippen molar-refractivity contribution in [1.29, 1.82) is 0 Å². The second kappa shape index (κ2) is 8.14. The first-order chi connectivity index (χ1) is 13.3. The second-order valence-corrected chi connectivity index (χ2v) is 7.48. The number of urea groups is 1. The number of nitrogens with one attached hydrogen (secondary N) is 2. The fourth-order valence-corrected chi connectivity index (χ4v) is 3.45. The van der Waals surface area contributed by atoms with Crippen LogP contribution < -0.4 is 10.6 Å². The second-order valence-electron chi connectivity index (χ2n) is 7.10. The number of nitrogens with zero attached hydrogens (tertiary/aromatic N) is 4. The molecule has 0 unspecified atom stereocenters. The van der Waals surface area contributed by atoms with E-state index in [9.17, 15) is 4.79 Å². The number of carbonyl (C=O) groups excluding carboxylic acids is 1. The smallest absolute Gasteiger partial charge is 0.319 e. The number of fused-ring (bicyclic) bond motifs is 1. The van der Waals surface area contributed by atoms with Crippen LogP contribution in [-0.2, 0) is 20.0 Å². The number of anilines is 1. The summed E-state index contributed by atoms with van der Waals surface area (Å²) in [5, 5.41) is 11.6. The summed E-state index contributed by atoms with van der Waals surface area (Å²) in [5.74, 6) is 0.326. The van der Waals surface area contributed by atoms with Gasteiger partial charge in [-0.2, -0.15) is 5.10 Å². The molecule has 2 amide bonds. The Morgan fingerprint density at radius 3 is 2.64 bits per heavy atom. The Balaban J connectivity index is 1.77. The first-order valence-electron chi connectivity index (χ1n) is 9.33. The zero-order chi connectivity index (χ0) is 20.4. The Morgan fingerprint density at radius 2 is 1.96 bits per heavy atom. The van der Waals surface area contributed by atoms with E-state index in [1.54, 1.807) is 10.7 Å². The van der Waals surface area contributed by atoms with Gasteiger partial charge >= 0.3 is 6.03 Å². The van der Waals surface area contributed by atoms with Gasteiger partial charge in [0.15, 0.2) is 5.65 Å². The van der Waals surface area contributed by atoms with Gasteiger partial charge in [0.1, 0.15) is 5.15 Å². The summed E-state index contributed by atoms with van der Waals surface area (Å²) < 4.78 is 1.78. The molecule has 0 saturated carbocycles. The van der Waals surface area contributed by atoms with Crippen molar-refractivity contribution < 1.29 is 4.79 Å². The summed E-state index contributed by atoms with van der Waals surface area (Å²) in [5.41, 5.74) is 5.20. The Hall–Kier alpha value is -2.67. The van der Waals surface area contributed by atoms with Crippen molar-refractivity contribution in [2.75, 3.05) is 5.32 Å². The fourth-order valence-electron chi connectivity index (χ4n) is 3.23. The van der Waals surface area contributed by atoms with Gasteiger partial charge in [-0.3, -0.25) is 4.68 Å². The summed E-state index contributed by atoms with van der Waals surface area (Å²) in [6.45, 7) is 8.57. The van der Waals surface area contributed by atoms with Gasteiger partial charge in [-0.15, -0.1) is 0 Å². The van der Waals surface area contributed by atoms with Crippen LogP contribution in [0.3, 0.4) is 0 Å². The van der Waals surface area contributed by atoms with Crippen molar-refractivity contribution in [3.63, 3.8) is 0 Å². The van der Waals surface area contributed by atoms with Crippen LogP contribution in [0.2, 0.25) is 5.15 Å². The standard InChI is InChI=1S/C20H25ClN6O/c1-6-13-7-14(9-17(21)23-13)25-20(28)22-10-15-8-16(11(2)3)18-12(4)26-27(5)19(18)24-15/h7-9,11H,6,10H2,1-5H3,(H2,22,23,25,28). The normalized spacial score (nSPS) is 11.2. The van der Waals surface area contributed by atoms with E-state index in [1.807, 2.05) is 33.0 Å². The van der Waals surface area contributed by atoms with Crippen molar-refractivity contribution in [3.05, 3.63) is 46.0 Å². The molecule has 0 radical (unpaired) electrons. The lowest BCUT2D eigenvalue weighted by atomic mass is 9.99. The molecule has 0 saturated heterocycles. The number of rotatable bonds is 5. The van der Waals surface area contributed by atoms with Gasteiger partial charge in [-0.25, -0.2) is 14.8 Å². The van der Waals surface area contributed by atoms with Crippen LogP contribution in [0.4, 0.5) is 10.5 Å². The molecule has 3 aromatic heterocycles. The lowest BCUT2D eigenvalue weighted by Crippen LogP contribution is -2.28. The predicted octanol–water partition coefficient (Wildman–Crippen LogP) is 4.33. The van der Waals surface area contributed by atoms with Gasteiger partial charge in [0.25, 0.3) is 0 Å². The molecule has 2 N–H and O–H groups in total. The van der Waals surface area contributed by atoms with Crippen molar-refractivity contribution in [3.8, 4) is 0 Å². The molecule has 3 rings (SSSR count). The molecule has 28 heavy (non-hydrogen) atoms. The number of pyridine rings is 2. The van der Waals surface area contributed by atoms with E-state index in [1.165, 1.54) is 5.56 Å². The van der Waals surface area contributed by atoms with E-state index in [0.717, 1.165) is 34.5 Å². The molecule has 7 nitrogen and oxygen atoms in total. The molecule has 0 bridgehead atoms. The minimum atomic E-state index is -0.321. The third-order valence-corrected chi connectivity index (χ3v) is 4.77. The monoisotopic (exact) mass is 400 g/mol. The largest absolute Gasteiger partial charge is 0.332 e. The molecule has 0 aliphatic heterocycles. The molecule has 0 aliphatic carbocycles. The van der Waals surface area contributed by atoms with Crippen LogP contribution >= 0.6 is 11.6 Å². The maximum absolute atomic E-state index is 12.3. The molecule has 0 fully saturated rings. The number of amides is 2. The number of aryl methyl sites for hydroxylation is 3. The Morgan fingerprint density at radius 1 is 1.21 bits per heavy atom. The molecule has 0 aromatic carbocycles. The quantitative estimate of drug-likeness (QED) is 0.624. The number of hydrogen-bond acceptors (Lipinski definition) is 4. The van der Waals surface area contributed by atoms with E-state index in [2.05, 4.69) is 39.5 Å². The third-order valence-electron chi connectivity index (χ3n) is 4.57. The van der Waals surface area contributed by atoms with E-state index >= 15 is 0 Å². The van der Waals surface area contributed by atoms with E-state index in [-0.39, 0.29) is 6.03 Å². The highest BCUT2D eigenvalue weighted by atomic mass is 35.5. The number of hydrogen-bond donors (Lipinski definition) is 2. The molecule has 148 valence electrons. The summed E-state index contributed by atoms with van der Waals surface area (Å²) in [6, 6.07) is 5.16. The van der Waals surface area contributed by atoms with Crippen LogP contribution in [0.25, 0.3) is 11.0 Å². The van der Waals surface area contributed by atoms with E-state index in [0.29, 0.717) is 23.3 Å². The minimum Gasteiger partial charge on any atom is -0.332 e. The number of halogens is 1. The summed E-state index contributed by atoms with van der Waals surface area (Å²) in [6.07, 6.45) is 0.739. The van der Waals surface area contributed by atoms with Crippen molar-refractivity contribution >= 4 is 34.4 Å². The molecule has 8 heteroatoms. The predicted molar refractivity (Wildman–Crippen MR) is 112 cm³/mol. The van der Waals surface area contributed by atoms with E-state index in [4.69, 9.17) is 11.6 Å². The van der Waals surface area contributed by atoms with Crippen LogP contribution in [0.15, 0.2) is 18.2 Å². The molecular weight excluding hydrogens is 376 g/mol. The zero-order valence-corrected chi connectivity index (χ0v) is 17.6. The van der Waals surface area contributed by atoms with Gasteiger partial charge in [-0.05, 0) is 43.0 Å². The maximum Gasteiger partial charge on any atom is 0.319 e.